The summed E-state index contributed by atoms with van der Waals surface area (Å²) in [6, 6.07) is 29.0. The molecule has 0 aliphatic carbocycles. The van der Waals surface area contributed by atoms with Crippen LogP contribution in [-0.2, 0) is 28.0 Å². The molecule has 1 spiro atoms. The molecular formula is C42H37N5O7. The van der Waals surface area contributed by atoms with Crippen molar-refractivity contribution in [1.29, 1.82) is 0 Å². The number of para-hydroxylation sites is 1. The first-order valence-electron chi connectivity index (χ1n) is 17.9. The summed E-state index contributed by atoms with van der Waals surface area (Å²) in [5.41, 5.74) is 4.42. The van der Waals surface area contributed by atoms with Gasteiger partial charge in [-0.1, -0.05) is 74.5 Å². The molecule has 4 atom stereocenters. The molecule has 3 aliphatic heterocycles. The van der Waals surface area contributed by atoms with E-state index in [1.807, 2.05) is 105 Å². The highest BCUT2D eigenvalue weighted by atomic mass is 16.5. The fourth-order valence-electron chi connectivity index (χ4n) is 7.63. The van der Waals surface area contributed by atoms with Crippen molar-refractivity contribution in [2.45, 2.75) is 50.6 Å². The number of amides is 2. The Morgan fingerprint density at radius 2 is 1.76 bits per heavy atom. The number of hydrogen-bond acceptors (Lipinski definition) is 10. The molecule has 3 N–H and O–H groups in total. The number of methoxy groups -OCH3 is 1. The van der Waals surface area contributed by atoms with E-state index in [1.54, 1.807) is 13.3 Å². The van der Waals surface area contributed by atoms with Crippen molar-refractivity contribution in [1.82, 2.24) is 20.6 Å². The molecule has 0 saturated carbocycles. The molecule has 4 aromatic carbocycles. The molecule has 4 bridgehead atoms. The van der Waals surface area contributed by atoms with Gasteiger partial charge in [-0.25, -0.2) is 14.8 Å². The Bertz CT molecular complexity index is 2370. The van der Waals surface area contributed by atoms with Gasteiger partial charge >= 0.3 is 6.09 Å². The van der Waals surface area contributed by atoms with Gasteiger partial charge in [0, 0.05) is 23.2 Å². The molecule has 54 heavy (non-hydrogen) atoms. The van der Waals surface area contributed by atoms with Crippen LogP contribution in [0.3, 0.4) is 0 Å². The van der Waals surface area contributed by atoms with Crippen LogP contribution in [0, 0.1) is 5.92 Å². The highest BCUT2D eigenvalue weighted by Gasteiger charge is 2.61. The lowest BCUT2D eigenvalue weighted by Crippen LogP contribution is -2.49. The zero-order chi connectivity index (χ0) is 37.0. The van der Waals surface area contributed by atoms with Crippen molar-refractivity contribution in [2.24, 2.45) is 5.92 Å². The molecule has 0 fully saturated rings. The van der Waals surface area contributed by atoms with E-state index in [1.165, 1.54) is 0 Å². The van der Waals surface area contributed by atoms with Crippen molar-refractivity contribution in [3.63, 3.8) is 0 Å². The molecule has 0 radical (unpaired) electrons. The zero-order valence-corrected chi connectivity index (χ0v) is 29.8. The number of anilines is 1. The molecule has 1 unspecified atom stereocenters. The van der Waals surface area contributed by atoms with Crippen LogP contribution >= 0.6 is 0 Å². The van der Waals surface area contributed by atoms with E-state index in [-0.39, 0.29) is 30.7 Å². The molecule has 9 rings (SSSR count). The van der Waals surface area contributed by atoms with Crippen LogP contribution in [0.25, 0.3) is 22.9 Å². The van der Waals surface area contributed by atoms with E-state index < -0.39 is 35.7 Å². The summed E-state index contributed by atoms with van der Waals surface area (Å²) in [7, 11) is 1.62. The van der Waals surface area contributed by atoms with Gasteiger partial charge in [0.2, 0.25) is 17.7 Å². The normalized spacial score (nSPS) is 20.7. The van der Waals surface area contributed by atoms with Gasteiger partial charge in [0.1, 0.15) is 35.6 Å². The standard InChI is InChI=1S/C42H37N5O7/c1-23(2)34-39-47-35(38-43-21-33(52-38)26-14-16-27(50-3)17-15-26)36(54-39)42-28-11-7-8-12-30(28)44-40(42)53-32-18-13-25(19-29(32)42)20-31(37(48)46-34)45-41(49)51-22-24-9-5-4-6-10-24/h4-19,21,23,31,34,40,44H,20,22H2,1-3H3,(H,45,49)(H,46,48)/t31-,34-,40?,42-/m0/s1. The maximum atomic E-state index is 14.2. The van der Waals surface area contributed by atoms with Crippen molar-refractivity contribution in [3.05, 3.63) is 137 Å². The first-order chi connectivity index (χ1) is 26.3. The number of fused-ring (bicyclic) bond motifs is 4. The maximum Gasteiger partial charge on any atom is 0.408 e. The third-order valence-corrected chi connectivity index (χ3v) is 10.3. The van der Waals surface area contributed by atoms with E-state index in [4.69, 9.17) is 33.0 Å². The van der Waals surface area contributed by atoms with E-state index >= 15 is 0 Å². The number of nitrogens with zero attached hydrogens (tertiary/aromatic N) is 2. The smallest absolute Gasteiger partial charge is 0.408 e. The predicted molar refractivity (Wildman–Crippen MR) is 198 cm³/mol. The van der Waals surface area contributed by atoms with Gasteiger partial charge < -0.3 is 39.0 Å². The SMILES string of the molecule is COc1ccc(-c2cnc(-c3nc4oc3[C@@]35c6ccccc6NC3Oc3ccc(cc35)C[C@H](NC(=O)OCc3ccccc3)C(=O)N[C@H]4C(C)C)o2)cc1. The minimum absolute atomic E-state index is 0.0605. The van der Waals surface area contributed by atoms with Crippen molar-refractivity contribution in [3.8, 4) is 34.4 Å². The number of ether oxygens (including phenoxy) is 3. The third kappa shape index (κ3) is 5.53. The molecule has 2 aromatic heterocycles. The van der Waals surface area contributed by atoms with Crippen molar-refractivity contribution in [2.75, 3.05) is 12.4 Å². The fourth-order valence-corrected chi connectivity index (χ4v) is 7.63. The number of rotatable bonds is 7. The number of benzene rings is 4. The van der Waals surface area contributed by atoms with Crippen molar-refractivity contribution < 1.29 is 32.6 Å². The molecule has 12 nitrogen and oxygen atoms in total. The Morgan fingerprint density at radius 1 is 0.963 bits per heavy atom. The second-order valence-electron chi connectivity index (χ2n) is 14.0. The van der Waals surface area contributed by atoms with Gasteiger partial charge in [-0.2, -0.15) is 0 Å². The van der Waals surface area contributed by atoms with E-state index in [0.717, 1.165) is 39.3 Å². The summed E-state index contributed by atoms with van der Waals surface area (Å²) in [5.74, 6) is 2.30. The van der Waals surface area contributed by atoms with E-state index in [9.17, 15) is 9.59 Å². The number of oxazole rings is 2. The summed E-state index contributed by atoms with van der Waals surface area (Å²) >= 11 is 0. The zero-order valence-electron chi connectivity index (χ0n) is 29.8. The summed E-state index contributed by atoms with van der Waals surface area (Å²) in [5, 5.41) is 9.54. The maximum absolute atomic E-state index is 14.2. The van der Waals surface area contributed by atoms with Gasteiger partial charge in [0.25, 0.3) is 0 Å². The molecular weight excluding hydrogens is 686 g/mol. The van der Waals surface area contributed by atoms with Gasteiger partial charge in [0.15, 0.2) is 23.4 Å². The number of nitrogens with one attached hydrogen (secondary N) is 3. The van der Waals surface area contributed by atoms with Crippen LogP contribution in [0.1, 0.15) is 53.8 Å². The summed E-state index contributed by atoms with van der Waals surface area (Å²) in [4.78, 5) is 37.2. The van der Waals surface area contributed by atoms with Gasteiger partial charge in [-0.15, -0.1) is 0 Å². The highest BCUT2D eigenvalue weighted by Crippen LogP contribution is 2.59. The summed E-state index contributed by atoms with van der Waals surface area (Å²) in [6.45, 7) is 4.00. The molecule has 3 aliphatic rings. The number of aromatic nitrogens is 2. The van der Waals surface area contributed by atoms with Gasteiger partial charge in [-0.3, -0.25) is 4.79 Å². The second kappa shape index (κ2) is 13.1. The summed E-state index contributed by atoms with van der Waals surface area (Å²) in [6.07, 6.45) is 0.530. The minimum atomic E-state index is -1.03. The lowest BCUT2D eigenvalue weighted by Gasteiger charge is -2.28. The molecule has 12 heteroatoms. The summed E-state index contributed by atoms with van der Waals surface area (Å²) < 4.78 is 31.0. The third-order valence-electron chi connectivity index (χ3n) is 10.3. The first kappa shape index (κ1) is 33.3. The first-order valence-corrected chi connectivity index (χ1v) is 17.9. The fraction of sp³-hybridized carbons (Fsp3) is 0.238. The second-order valence-corrected chi connectivity index (χ2v) is 14.0. The number of alkyl carbamates (subject to hydrolysis) is 1. The monoisotopic (exact) mass is 723 g/mol. The number of carbonyl (C=O) groups is 2. The predicted octanol–water partition coefficient (Wildman–Crippen LogP) is 7.15. The van der Waals surface area contributed by atoms with Crippen LogP contribution in [-0.4, -0.2) is 41.3 Å². The van der Waals surface area contributed by atoms with E-state index in [2.05, 4.69) is 22.0 Å². The highest BCUT2D eigenvalue weighted by molar-refractivity contribution is 5.86. The Hall–Kier alpha value is -6.56. The van der Waals surface area contributed by atoms with Crippen LogP contribution in [0.4, 0.5) is 10.5 Å². The average molecular weight is 724 g/mol. The Labute approximate surface area is 310 Å². The van der Waals surface area contributed by atoms with Crippen LogP contribution in [0.15, 0.2) is 112 Å². The number of carbonyl (C=O) groups excluding carboxylic acids is 2. The quantitative estimate of drug-likeness (QED) is 0.155. The minimum Gasteiger partial charge on any atom is -0.497 e. The van der Waals surface area contributed by atoms with Crippen LogP contribution < -0.4 is 25.4 Å². The van der Waals surface area contributed by atoms with Crippen LogP contribution in [0.5, 0.6) is 11.5 Å². The number of hydrogen-bond donors (Lipinski definition) is 3. The Morgan fingerprint density at radius 3 is 2.56 bits per heavy atom. The van der Waals surface area contributed by atoms with Crippen molar-refractivity contribution >= 4 is 17.7 Å². The average Bonchev–Trinajstić information content (AvgIpc) is 3.97. The molecule has 6 aromatic rings. The largest absolute Gasteiger partial charge is 0.497 e. The molecule has 5 heterocycles. The van der Waals surface area contributed by atoms with Gasteiger partial charge in [0.05, 0.1) is 13.3 Å². The lowest BCUT2D eigenvalue weighted by atomic mass is 9.72. The topological polar surface area (TPSA) is 150 Å². The Balaban J connectivity index is 1.18. The van der Waals surface area contributed by atoms with Crippen LogP contribution in [0.2, 0.25) is 0 Å². The molecule has 2 amide bonds. The Kier molecular flexibility index (Phi) is 8.10. The van der Waals surface area contributed by atoms with Gasteiger partial charge in [-0.05, 0) is 59.0 Å². The molecule has 272 valence electrons. The lowest BCUT2D eigenvalue weighted by molar-refractivity contribution is -0.124. The van der Waals surface area contributed by atoms with E-state index in [0.29, 0.717) is 23.0 Å². The molecule has 0 saturated heterocycles.